The summed E-state index contributed by atoms with van der Waals surface area (Å²) in [7, 11) is 0. The van der Waals surface area contributed by atoms with Crippen LogP contribution >= 0.6 is 0 Å². The average Bonchev–Trinajstić information content (AvgIpc) is 3.04. The minimum atomic E-state index is -0.250. The van der Waals surface area contributed by atoms with Gasteiger partial charge in [-0.05, 0) is 43.5 Å². The zero-order valence-electron chi connectivity index (χ0n) is 14.6. The molecule has 6 heteroatoms. The normalized spacial score (nSPS) is 18.2. The molecule has 0 bridgehead atoms. The lowest BCUT2D eigenvalue weighted by Crippen LogP contribution is -2.43. The predicted molar refractivity (Wildman–Crippen MR) is 95.9 cm³/mol. The van der Waals surface area contributed by atoms with E-state index in [2.05, 4.69) is 22.2 Å². The van der Waals surface area contributed by atoms with Crippen molar-refractivity contribution in [2.24, 2.45) is 0 Å². The molecule has 1 N–H and O–H groups in total. The molecule has 0 unspecified atom stereocenters. The van der Waals surface area contributed by atoms with Crippen LogP contribution in [0.1, 0.15) is 38.2 Å². The molecule has 3 rings (SSSR count). The Labute approximate surface area is 147 Å². The number of benzene rings is 1. The van der Waals surface area contributed by atoms with Gasteiger partial charge in [-0.3, -0.25) is 14.4 Å². The standard InChI is InChI=1S/C19H25FN4O/c1-2-18-5-3-4-10-23(18)14-19(25)22-17-11-21-24(13-17)12-15-6-8-16(20)9-7-15/h6-9,11,13,18H,2-5,10,12,14H2,1H3,(H,22,25)/t18-/m0/s1. The Balaban J connectivity index is 1.53. The van der Waals surface area contributed by atoms with Crippen molar-refractivity contribution in [1.82, 2.24) is 14.7 Å². The van der Waals surface area contributed by atoms with Crippen LogP contribution in [0.15, 0.2) is 36.7 Å². The predicted octanol–water partition coefficient (Wildman–Crippen LogP) is 3.27. The summed E-state index contributed by atoms with van der Waals surface area (Å²) in [6, 6.07) is 6.85. The van der Waals surface area contributed by atoms with Crippen LogP contribution in [0.3, 0.4) is 0 Å². The Morgan fingerprint density at radius 1 is 1.32 bits per heavy atom. The summed E-state index contributed by atoms with van der Waals surface area (Å²) in [5.74, 6) is -0.248. The highest BCUT2D eigenvalue weighted by atomic mass is 19.1. The molecule has 134 valence electrons. The molecule has 2 aromatic rings. The summed E-state index contributed by atoms with van der Waals surface area (Å²) in [6.07, 6.45) is 8.14. The molecule has 1 aromatic heterocycles. The molecule has 1 aliphatic heterocycles. The second kappa shape index (κ2) is 8.25. The van der Waals surface area contributed by atoms with Gasteiger partial charge >= 0.3 is 0 Å². The van der Waals surface area contributed by atoms with Crippen LogP contribution in [-0.2, 0) is 11.3 Å². The number of anilines is 1. The minimum Gasteiger partial charge on any atom is -0.322 e. The maximum atomic E-state index is 12.9. The van der Waals surface area contributed by atoms with E-state index in [1.54, 1.807) is 29.2 Å². The Bertz CT molecular complexity index is 698. The van der Waals surface area contributed by atoms with Crippen LogP contribution in [0.2, 0.25) is 0 Å². The van der Waals surface area contributed by atoms with Gasteiger partial charge in [0.25, 0.3) is 0 Å². The molecule has 1 fully saturated rings. The maximum absolute atomic E-state index is 12.9. The highest BCUT2D eigenvalue weighted by molar-refractivity contribution is 5.92. The fraction of sp³-hybridized carbons (Fsp3) is 0.474. The van der Waals surface area contributed by atoms with Gasteiger partial charge in [-0.15, -0.1) is 0 Å². The van der Waals surface area contributed by atoms with Crippen molar-refractivity contribution < 1.29 is 9.18 Å². The molecule has 2 heterocycles. The number of halogens is 1. The number of nitrogens with zero attached hydrogens (tertiary/aromatic N) is 3. The number of hydrogen-bond acceptors (Lipinski definition) is 3. The summed E-state index contributed by atoms with van der Waals surface area (Å²) in [5, 5.41) is 7.18. The van der Waals surface area contributed by atoms with Gasteiger partial charge in [0, 0.05) is 12.2 Å². The summed E-state index contributed by atoms with van der Waals surface area (Å²) >= 11 is 0. The van der Waals surface area contributed by atoms with Gasteiger partial charge in [0.1, 0.15) is 5.82 Å². The highest BCUT2D eigenvalue weighted by Gasteiger charge is 2.22. The summed E-state index contributed by atoms with van der Waals surface area (Å²) < 4.78 is 14.7. The van der Waals surface area contributed by atoms with E-state index < -0.39 is 0 Å². The second-order valence-corrected chi connectivity index (χ2v) is 6.63. The Hall–Kier alpha value is -2.21. The zero-order chi connectivity index (χ0) is 17.6. The van der Waals surface area contributed by atoms with Gasteiger partial charge in [0.15, 0.2) is 0 Å². The summed E-state index contributed by atoms with van der Waals surface area (Å²) in [4.78, 5) is 14.6. The maximum Gasteiger partial charge on any atom is 0.238 e. The van der Waals surface area contributed by atoms with E-state index in [0.717, 1.165) is 18.5 Å². The molecule has 0 spiro atoms. The lowest BCUT2D eigenvalue weighted by atomic mass is 10.0. The van der Waals surface area contributed by atoms with Crippen LogP contribution < -0.4 is 5.32 Å². The Kier molecular flexibility index (Phi) is 5.81. The summed E-state index contributed by atoms with van der Waals surface area (Å²) in [5.41, 5.74) is 1.65. The van der Waals surface area contributed by atoms with Gasteiger partial charge in [0.05, 0.1) is 25.0 Å². The zero-order valence-corrected chi connectivity index (χ0v) is 14.6. The lowest BCUT2D eigenvalue weighted by Gasteiger charge is -2.34. The number of rotatable bonds is 6. The average molecular weight is 344 g/mol. The first-order valence-electron chi connectivity index (χ1n) is 8.95. The van der Waals surface area contributed by atoms with Crippen LogP contribution in [-0.4, -0.2) is 39.7 Å². The van der Waals surface area contributed by atoms with Crippen molar-refractivity contribution in [1.29, 1.82) is 0 Å². The molecule has 0 aliphatic carbocycles. The van der Waals surface area contributed by atoms with Crippen molar-refractivity contribution in [3.63, 3.8) is 0 Å². The van der Waals surface area contributed by atoms with Crippen LogP contribution in [0.25, 0.3) is 0 Å². The van der Waals surface area contributed by atoms with E-state index in [4.69, 9.17) is 0 Å². The number of piperidine rings is 1. The number of carbonyl (C=O) groups excluding carboxylic acids is 1. The highest BCUT2D eigenvalue weighted by Crippen LogP contribution is 2.19. The number of nitrogens with one attached hydrogen (secondary N) is 1. The third-order valence-electron chi connectivity index (χ3n) is 4.74. The third kappa shape index (κ3) is 4.89. The Morgan fingerprint density at radius 3 is 2.88 bits per heavy atom. The smallest absolute Gasteiger partial charge is 0.238 e. The third-order valence-corrected chi connectivity index (χ3v) is 4.74. The van der Waals surface area contributed by atoms with E-state index >= 15 is 0 Å². The van der Waals surface area contributed by atoms with Crippen LogP contribution in [0.5, 0.6) is 0 Å². The fourth-order valence-electron chi connectivity index (χ4n) is 3.41. The molecular formula is C19H25FN4O. The van der Waals surface area contributed by atoms with Gasteiger partial charge in [-0.1, -0.05) is 25.5 Å². The Morgan fingerprint density at radius 2 is 2.12 bits per heavy atom. The first-order chi connectivity index (χ1) is 12.1. The van der Waals surface area contributed by atoms with E-state index in [1.807, 2.05) is 0 Å². The van der Waals surface area contributed by atoms with E-state index in [0.29, 0.717) is 24.8 Å². The minimum absolute atomic E-state index is 0.00156. The van der Waals surface area contributed by atoms with E-state index in [-0.39, 0.29) is 11.7 Å². The van der Waals surface area contributed by atoms with E-state index in [9.17, 15) is 9.18 Å². The molecule has 5 nitrogen and oxygen atoms in total. The monoisotopic (exact) mass is 344 g/mol. The first kappa shape index (κ1) is 17.6. The van der Waals surface area contributed by atoms with Gasteiger partial charge in [0.2, 0.25) is 5.91 Å². The number of hydrogen-bond donors (Lipinski definition) is 1. The molecule has 1 atom stereocenters. The molecule has 1 aliphatic rings. The van der Waals surface area contributed by atoms with Crippen molar-refractivity contribution in [2.45, 2.75) is 45.2 Å². The topological polar surface area (TPSA) is 50.2 Å². The van der Waals surface area contributed by atoms with Crippen LogP contribution in [0, 0.1) is 5.82 Å². The molecular weight excluding hydrogens is 319 g/mol. The van der Waals surface area contributed by atoms with Crippen molar-refractivity contribution in [2.75, 3.05) is 18.4 Å². The van der Waals surface area contributed by atoms with Gasteiger partial charge < -0.3 is 5.32 Å². The second-order valence-electron chi connectivity index (χ2n) is 6.63. The molecule has 0 radical (unpaired) electrons. The first-order valence-corrected chi connectivity index (χ1v) is 8.95. The van der Waals surface area contributed by atoms with Crippen molar-refractivity contribution in [3.8, 4) is 0 Å². The molecule has 0 saturated carbocycles. The number of likely N-dealkylation sites (tertiary alicyclic amines) is 1. The van der Waals surface area contributed by atoms with Crippen molar-refractivity contribution >= 4 is 11.6 Å². The van der Waals surface area contributed by atoms with Gasteiger partial charge in [-0.25, -0.2) is 4.39 Å². The number of carbonyl (C=O) groups is 1. The molecule has 25 heavy (non-hydrogen) atoms. The summed E-state index contributed by atoms with van der Waals surface area (Å²) in [6.45, 7) is 4.15. The largest absolute Gasteiger partial charge is 0.322 e. The number of amides is 1. The fourth-order valence-corrected chi connectivity index (χ4v) is 3.41. The van der Waals surface area contributed by atoms with E-state index in [1.165, 1.54) is 31.4 Å². The molecule has 1 aromatic carbocycles. The van der Waals surface area contributed by atoms with Crippen molar-refractivity contribution in [3.05, 3.63) is 48.0 Å². The number of aromatic nitrogens is 2. The molecule has 1 amide bonds. The van der Waals surface area contributed by atoms with Crippen LogP contribution in [0.4, 0.5) is 10.1 Å². The quantitative estimate of drug-likeness (QED) is 0.875. The van der Waals surface area contributed by atoms with Gasteiger partial charge in [-0.2, -0.15) is 5.10 Å². The lowest BCUT2D eigenvalue weighted by molar-refractivity contribution is -0.118. The molecule has 1 saturated heterocycles. The SMILES string of the molecule is CC[C@H]1CCCCN1CC(=O)Nc1cnn(Cc2ccc(F)cc2)c1.